The molecule has 2 aromatic rings. The topological polar surface area (TPSA) is 67.9 Å². The van der Waals surface area contributed by atoms with Gasteiger partial charge in [0.05, 0.1) is 17.2 Å². The second-order valence-corrected chi connectivity index (χ2v) is 12.4. The van der Waals surface area contributed by atoms with Crippen LogP contribution in [-0.4, -0.2) is 41.2 Å². The van der Waals surface area contributed by atoms with Crippen LogP contribution in [0, 0.1) is 19.3 Å². The van der Waals surface area contributed by atoms with Crippen LogP contribution in [0.2, 0.25) is 0 Å². The maximum absolute atomic E-state index is 13.9. The predicted molar refractivity (Wildman–Crippen MR) is 150 cm³/mol. The molecule has 3 rings (SSSR count). The highest BCUT2D eigenvalue weighted by Crippen LogP contribution is 2.36. The van der Waals surface area contributed by atoms with Gasteiger partial charge in [0.25, 0.3) is 11.8 Å². The highest BCUT2D eigenvalue weighted by atomic mass is 16.7. The zero-order valence-corrected chi connectivity index (χ0v) is 24.2. The van der Waals surface area contributed by atoms with Gasteiger partial charge in [0.1, 0.15) is 0 Å². The van der Waals surface area contributed by atoms with E-state index in [0.717, 1.165) is 29.4 Å². The van der Waals surface area contributed by atoms with Gasteiger partial charge in [-0.05, 0) is 83.1 Å². The van der Waals surface area contributed by atoms with E-state index in [2.05, 4.69) is 33.1 Å². The van der Waals surface area contributed by atoms with Crippen LogP contribution in [0.5, 0.6) is 0 Å². The third kappa shape index (κ3) is 6.44. The summed E-state index contributed by atoms with van der Waals surface area (Å²) in [5, 5.41) is 1.54. The molecule has 0 saturated carbocycles. The third-order valence-corrected chi connectivity index (χ3v) is 7.46. The number of nitrogens with one attached hydrogen (secondary N) is 1. The Hall–Kier alpha value is -2.64. The second kappa shape index (κ2) is 10.6. The number of benzene rings is 2. The monoisotopic (exact) mass is 506 g/mol. The van der Waals surface area contributed by atoms with Crippen LogP contribution in [0.15, 0.2) is 42.5 Å². The summed E-state index contributed by atoms with van der Waals surface area (Å²) in [6, 6.07) is 12.8. The van der Waals surface area contributed by atoms with E-state index < -0.39 is 18.3 Å². The van der Waals surface area contributed by atoms with Gasteiger partial charge in [0, 0.05) is 11.1 Å². The molecule has 0 unspecified atom stereocenters. The van der Waals surface area contributed by atoms with Gasteiger partial charge >= 0.3 is 7.12 Å². The zero-order chi connectivity index (χ0) is 27.8. The Morgan fingerprint density at radius 3 is 2.03 bits per heavy atom. The number of hydrogen-bond donors (Lipinski definition) is 1. The van der Waals surface area contributed by atoms with Gasteiger partial charge in [-0.2, -0.15) is 0 Å². The first-order valence-corrected chi connectivity index (χ1v) is 13.2. The summed E-state index contributed by atoms with van der Waals surface area (Å²) < 4.78 is 12.4. The highest BCUT2D eigenvalue weighted by Gasteiger charge is 2.51. The fourth-order valence-electron chi connectivity index (χ4n) is 4.71. The molecule has 0 aromatic heterocycles. The first-order valence-electron chi connectivity index (χ1n) is 13.2. The molecule has 1 saturated heterocycles. The molecule has 200 valence electrons. The molecule has 1 aliphatic rings. The quantitative estimate of drug-likeness (QED) is 0.409. The minimum absolute atomic E-state index is 0.193. The van der Waals surface area contributed by atoms with Crippen LogP contribution >= 0.6 is 0 Å². The molecule has 1 fully saturated rings. The summed E-state index contributed by atoms with van der Waals surface area (Å²) in [6.07, 6.45) is 1.64. The summed E-state index contributed by atoms with van der Waals surface area (Å²) in [4.78, 5) is 27.5. The van der Waals surface area contributed by atoms with Crippen molar-refractivity contribution >= 4 is 24.4 Å². The fraction of sp³-hybridized carbons (Fsp3) is 0.533. The number of amides is 2. The van der Waals surface area contributed by atoms with E-state index >= 15 is 0 Å². The lowest BCUT2D eigenvalue weighted by molar-refractivity contribution is 0.00578. The van der Waals surface area contributed by atoms with E-state index in [1.807, 2.05) is 71.9 Å². The predicted octanol–water partition coefficient (Wildman–Crippen LogP) is 5.60. The minimum Gasteiger partial charge on any atom is -0.399 e. The number of hydrazine groups is 1. The van der Waals surface area contributed by atoms with Crippen molar-refractivity contribution in [3.8, 4) is 0 Å². The molecule has 6 nitrogen and oxygen atoms in total. The Kier molecular flexibility index (Phi) is 8.30. The molecule has 2 amide bonds. The van der Waals surface area contributed by atoms with E-state index in [9.17, 15) is 9.59 Å². The van der Waals surface area contributed by atoms with Crippen molar-refractivity contribution in [2.24, 2.45) is 5.41 Å². The Balaban J connectivity index is 1.94. The Bertz CT molecular complexity index is 1120. The Morgan fingerprint density at radius 2 is 1.51 bits per heavy atom. The van der Waals surface area contributed by atoms with Gasteiger partial charge in [-0.1, -0.05) is 63.4 Å². The smallest absolute Gasteiger partial charge is 0.399 e. The average molecular weight is 506 g/mol. The van der Waals surface area contributed by atoms with E-state index in [4.69, 9.17) is 9.31 Å². The van der Waals surface area contributed by atoms with Crippen molar-refractivity contribution in [3.05, 3.63) is 64.7 Å². The molecular weight excluding hydrogens is 463 g/mol. The molecule has 0 spiro atoms. The number of hydrogen-bond acceptors (Lipinski definition) is 4. The lowest BCUT2D eigenvalue weighted by Gasteiger charge is -2.40. The maximum atomic E-state index is 13.9. The molecule has 2 aromatic carbocycles. The summed E-state index contributed by atoms with van der Waals surface area (Å²) in [6.45, 7) is 20.3. The summed E-state index contributed by atoms with van der Waals surface area (Å²) in [5.41, 5.74) is 5.55. The number of aryl methyl sites for hydroxylation is 2. The Labute approximate surface area is 223 Å². The van der Waals surface area contributed by atoms with Crippen molar-refractivity contribution in [2.75, 3.05) is 0 Å². The van der Waals surface area contributed by atoms with E-state index in [1.165, 1.54) is 0 Å². The number of carbonyl (C=O) groups excluding carboxylic acids is 2. The summed E-state index contributed by atoms with van der Waals surface area (Å²) in [5.74, 6) is -0.558. The van der Waals surface area contributed by atoms with Gasteiger partial charge in [-0.3, -0.25) is 15.0 Å². The number of rotatable bonds is 6. The van der Waals surface area contributed by atoms with Crippen molar-refractivity contribution in [1.82, 2.24) is 10.4 Å². The number of nitrogens with zero attached hydrogens (tertiary/aromatic N) is 1. The van der Waals surface area contributed by atoms with Crippen LogP contribution in [-0.2, 0) is 9.31 Å². The largest absolute Gasteiger partial charge is 0.494 e. The summed E-state index contributed by atoms with van der Waals surface area (Å²) in [7, 11) is -0.576. The van der Waals surface area contributed by atoms with Gasteiger partial charge in [-0.15, -0.1) is 0 Å². The van der Waals surface area contributed by atoms with E-state index in [-0.39, 0.29) is 23.3 Å². The second-order valence-electron chi connectivity index (χ2n) is 12.4. The molecular formula is C30H43BN2O4. The van der Waals surface area contributed by atoms with Gasteiger partial charge in [0.15, 0.2) is 0 Å². The SMILES string of the molecule is CCC[C@@H](N(NC(=O)c1cccc(B2OC(C)(C)C(C)(C)O2)c1)C(=O)c1cc(C)cc(C)c1)C(C)(C)C. The maximum Gasteiger partial charge on any atom is 0.494 e. The van der Waals surface area contributed by atoms with Crippen molar-refractivity contribution in [2.45, 2.75) is 99.3 Å². The van der Waals surface area contributed by atoms with Crippen LogP contribution < -0.4 is 10.9 Å². The van der Waals surface area contributed by atoms with Gasteiger partial charge < -0.3 is 9.31 Å². The van der Waals surface area contributed by atoms with Crippen LogP contribution in [0.3, 0.4) is 0 Å². The molecule has 7 heteroatoms. The molecule has 0 radical (unpaired) electrons. The fourth-order valence-corrected chi connectivity index (χ4v) is 4.71. The van der Waals surface area contributed by atoms with Gasteiger partial charge in [-0.25, -0.2) is 5.01 Å². The van der Waals surface area contributed by atoms with Crippen molar-refractivity contribution in [3.63, 3.8) is 0 Å². The first-order chi connectivity index (χ1) is 17.1. The average Bonchev–Trinajstić information content (AvgIpc) is 3.01. The normalized spacial score (nSPS) is 17.4. The summed E-state index contributed by atoms with van der Waals surface area (Å²) >= 11 is 0. The number of carbonyl (C=O) groups is 2. The molecule has 0 bridgehead atoms. The van der Waals surface area contributed by atoms with E-state index in [0.29, 0.717) is 11.1 Å². The molecule has 37 heavy (non-hydrogen) atoms. The Morgan fingerprint density at radius 1 is 0.946 bits per heavy atom. The molecule has 1 atom stereocenters. The molecule has 1 heterocycles. The van der Waals surface area contributed by atoms with Crippen molar-refractivity contribution < 1.29 is 18.9 Å². The lowest BCUT2D eigenvalue weighted by atomic mass is 9.78. The molecule has 1 aliphatic heterocycles. The van der Waals surface area contributed by atoms with Crippen molar-refractivity contribution in [1.29, 1.82) is 0 Å². The third-order valence-electron chi connectivity index (χ3n) is 7.46. The first kappa shape index (κ1) is 28.9. The van der Waals surface area contributed by atoms with Crippen LogP contribution in [0.1, 0.15) is 100 Å². The minimum atomic E-state index is -0.576. The van der Waals surface area contributed by atoms with Crippen LogP contribution in [0.4, 0.5) is 0 Å². The lowest BCUT2D eigenvalue weighted by Crippen LogP contribution is -2.56. The zero-order valence-electron chi connectivity index (χ0n) is 24.2. The highest BCUT2D eigenvalue weighted by molar-refractivity contribution is 6.62. The van der Waals surface area contributed by atoms with Gasteiger partial charge in [0.2, 0.25) is 0 Å². The van der Waals surface area contributed by atoms with Crippen LogP contribution in [0.25, 0.3) is 0 Å². The molecule has 1 N–H and O–H groups in total. The standard InChI is InChI=1S/C30H43BN2O4/c1-11-13-25(28(4,5)6)33(27(35)23-17-20(2)16-21(3)18-23)32-26(34)22-14-12-15-24(19-22)31-36-29(7,8)30(9,10)37-31/h12,14-19,25H,11,13H2,1-10H3,(H,32,34)/t25-/m1/s1. The van der Waals surface area contributed by atoms with E-state index in [1.54, 1.807) is 17.1 Å². The molecule has 0 aliphatic carbocycles.